The molecule has 188 valence electrons. The SMILES string of the molecule is CCN(CC)c1ccc([C@H]2[C@@H]3CCCC[C@]3(O)CCN2C(=O)/C=C/c2ccc(C(C)C)cc2)cc1. The van der Waals surface area contributed by atoms with Crippen LogP contribution in [0.2, 0.25) is 0 Å². The number of carbonyl (C=O) groups excluding carboxylic acids is 1. The Bertz CT molecular complexity index is 1010. The number of hydrogen-bond donors (Lipinski definition) is 1. The number of fused-ring (bicyclic) bond motifs is 1. The molecular formula is C31H42N2O2. The Hall–Kier alpha value is -2.59. The van der Waals surface area contributed by atoms with Crippen molar-refractivity contribution in [3.63, 3.8) is 0 Å². The van der Waals surface area contributed by atoms with Crippen LogP contribution < -0.4 is 4.90 Å². The number of anilines is 1. The minimum absolute atomic E-state index is 0.0309. The fraction of sp³-hybridized carbons (Fsp3) is 0.516. The molecule has 1 amide bonds. The van der Waals surface area contributed by atoms with Crippen LogP contribution in [0, 0.1) is 5.92 Å². The zero-order valence-corrected chi connectivity index (χ0v) is 21.9. The summed E-state index contributed by atoms with van der Waals surface area (Å²) >= 11 is 0. The molecule has 2 fully saturated rings. The lowest BCUT2D eigenvalue weighted by molar-refractivity contribution is -0.150. The van der Waals surface area contributed by atoms with Gasteiger partial charge in [-0.05, 0) is 73.9 Å². The van der Waals surface area contributed by atoms with Gasteiger partial charge in [0, 0.05) is 37.3 Å². The van der Waals surface area contributed by atoms with Crippen molar-refractivity contribution in [2.75, 3.05) is 24.5 Å². The molecule has 1 N–H and O–H groups in total. The summed E-state index contributed by atoms with van der Waals surface area (Å²) in [7, 11) is 0. The summed E-state index contributed by atoms with van der Waals surface area (Å²) in [5, 5.41) is 11.6. The summed E-state index contributed by atoms with van der Waals surface area (Å²) in [5.41, 5.74) is 4.00. The molecule has 4 heteroatoms. The van der Waals surface area contributed by atoms with Crippen LogP contribution >= 0.6 is 0 Å². The number of rotatable bonds is 7. The topological polar surface area (TPSA) is 43.8 Å². The van der Waals surface area contributed by atoms with E-state index >= 15 is 0 Å². The van der Waals surface area contributed by atoms with Crippen molar-refractivity contribution in [2.24, 2.45) is 5.92 Å². The van der Waals surface area contributed by atoms with Gasteiger partial charge in [0.05, 0.1) is 11.6 Å². The van der Waals surface area contributed by atoms with Gasteiger partial charge in [0.2, 0.25) is 5.91 Å². The Morgan fingerprint density at radius 2 is 1.74 bits per heavy atom. The first-order chi connectivity index (χ1) is 16.9. The Labute approximate surface area is 211 Å². The Kier molecular flexibility index (Phi) is 8.01. The summed E-state index contributed by atoms with van der Waals surface area (Å²) in [6.07, 6.45) is 8.29. The van der Waals surface area contributed by atoms with Gasteiger partial charge in [0.15, 0.2) is 0 Å². The Morgan fingerprint density at radius 3 is 2.37 bits per heavy atom. The second-order valence-electron chi connectivity index (χ2n) is 10.6. The van der Waals surface area contributed by atoms with Crippen molar-refractivity contribution >= 4 is 17.7 Å². The number of likely N-dealkylation sites (tertiary alicyclic amines) is 1. The molecule has 35 heavy (non-hydrogen) atoms. The van der Waals surface area contributed by atoms with E-state index in [1.807, 2.05) is 11.0 Å². The predicted molar refractivity (Wildman–Crippen MR) is 146 cm³/mol. The van der Waals surface area contributed by atoms with E-state index < -0.39 is 5.60 Å². The average Bonchev–Trinajstić information content (AvgIpc) is 2.87. The molecular weight excluding hydrogens is 432 g/mol. The lowest BCUT2D eigenvalue weighted by atomic mass is 9.66. The monoisotopic (exact) mass is 474 g/mol. The highest BCUT2D eigenvalue weighted by molar-refractivity contribution is 5.92. The molecule has 1 heterocycles. The first-order valence-electron chi connectivity index (χ1n) is 13.5. The van der Waals surface area contributed by atoms with Crippen LogP contribution in [0.5, 0.6) is 0 Å². The standard InChI is InChI=1S/C31H42N2O2/c1-5-32(6-2)27-17-15-26(16-18-27)30-28-9-7-8-20-31(28,35)21-22-33(30)29(34)19-12-24-10-13-25(14-11-24)23(3)4/h10-19,23,28,30,35H,5-9,20-22H2,1-4H3/b19-12+/t28-,30-,31-/m0/s1. The van der Waals surface area contributed by atoms with E-state index in [1.165, 1.54) is 11.3 Å². The van der Waals surface area contributed by atoms with Crippen molar-refractivity contribution in [2.45, 2.75) is 77.4 Å². The normalized spacial score (nSPS) is 24.6. The molecule has 1 saturated heterocycles. The largest absolute Gasteiger partial charge is 0.389 e. The van der Waals surface area contributed by atoms with Crippen molar-refractivity contribution in [3.8, 4) is 0 Å². The number of aliphatic hydroxyl groups is 1. The predicted octanol–water partition coefficient (Wildman–Crippen LogP) is 6.56. The highest BCUT2D eigenvalue weighted by Gasteiger charge is 2.49. The summed E-state index contributed by atoms with van der Waals surface area (Å²) in [4.78, 5) is 17.9. The highest BCUT2D eigenvalue weighted by Crippen LogP contribution is 2.49. The third kappa shape index (κ3) is 5.48. The summed E-state index contributed by atoms with van der Waals surface area (Å²) in [6.45, 7) is 11.2. The lowest BCUT2D eigenvalue weighted by Gasteiger charge is -2.52. The maximum atomic E-state index is 13.5. The van der Waals surface area contributed by atoms with Gasteiger partial charge < -0.3 is 14.9 Å². The first-order valence-corrected chi connectivity index (χ1v) is 13.5. The first kappa shape index (κ1) is 25.5. The van der Waals surface area contributed by atoms with E-state index in [0.717, 1.165) is 49.9 Å². The van der Waals surface area contributed by atoms with Gasteiger partial charge in [0.25, 0.3) is 0 Å². The molecule has 0 unspecified atom stereocenters. The van der Waals surface area contributed by atoms with E-state index in [2.05, 4.69) is 81.1 Å². The lowest BCUT2D eigenvalue weighted by Crippen LogP contribution is -2.56. The van der Waals surface area contributed by atoms with Gasteiger partial charge in [-0.15, -0.1) is 0 Å². The van der Waals surface area contributed by atoms with Gasteiger partial charge in [-0.25, -0.2) is 0 Å². The average molecular weight is 475 g/mol. The minimum atomic E-state index is -0.673. The van der Waals surface area contributed by atoms with E-state index in [1.54, 1.807) is 6.08 Å². The van der Waals surface area contributed by atoms with Crippen molar-refractivity contribution in [1.29, 1.82) is 0 Å². The fourth-order valence-corrected chi connectivity index (χ4v) is 6.07. The number of hydrogen-bond acceptors (Lipinski definition) is 3. The molecule has 2 aromatic rings. The molecule has 1 aliphatic heterocycles. The van der Waals surface area contributed by atoms with Crippen LogP contribution in [0.3, 0.4) is 0 Å². The molecule has 2 aromatic carbocycles. The van der Waals surface area contributed by atoms with Crippen LogP contribution in [-0.2, 0) is 4.79 Å². The second kappa shape index (κ2) is 11.0. The van der Waals surface area contributed by atoms with Gasteiger partial charge in [0.1, 0.15) is 0 Å². The van der Waals surface area contributed by atoms with Crippen LogP contribution in [0.1, 0.15) is 88.4 Å². The third-order valence-corrected chi connectivity index (χ3v) is 8.24. The summed E-state index contributed by atoms with van der Waals surface area (Å²) in [5.74, 6) is 0.599. The van der Waals surface area contributed by atoms with Crippen molar-refractivity contribution in [1.82, 2.24) is 4.90 Å². The van der Waals surface area contributed by atoms with E-state index in [9.17, 15) is 9.90 Å². The number of carbonyl (C=O) groups is 1. The molecule has 4 rings (SSSR count). The van der Waals surface area contributed by atoms with Crippen LogP contribution in [0.4, 0.5) is 5.69 Å². The second-order valence-corrected chi connectivity index (χ2v) is 10.6. The highest BCUT2D eigenvalue weighted by atomic mass is 16.3. The smallest absolute Gasteiger partial charge is 0.247 e. The molecule has 0 radical (unpaired) electrons. The Morgan fingerprint density at radius 1 is 1.06 bits per heavy atom. The molecule has 3 atom stereocenters. The van der Waals surface area contributed by atoms with Gasteiger partial charge in [-0.1, -0.05) is 63.1 Å². The third-order valence-electron chi connectivity index (χ3n) is 8.24. The number of benzene rings is 2. The maximum Gasteiger partial charge on any atom is 0.247 e. The molecule has 0 spiro atoms. The number of piperidine rings is 1. The van der Waals surface area contributed by atoms with Crippen molar-refractivity contribution in [3.05, 3.63) is 71.3 Å². The number of amides is 1. The molecule has 0 aromatic heterocycles. The van der Waals surface area contributed by atoms with Crippen molar-refractivity contribution < 1.29 is 9.90 Å². The summed E-state index contributed by atoms with van der Waals surface area (Å²) < 4.78 is 0. The van der Waals surface area contributed by atoms with Gasteiger partial charge in [-0.3, -0.25) is 4.79 Å². The molecule has 0 bridgehead atoms. The summed E-state index contributed by atoms with van der Waals surface area (Å²) in [6, 6.07) is 17.0. The van der Waals surface area contributed by atoms with Crippen LogP contribution in [0.25, 0.3) is 6.08 Å². The van der Waals surface area contributed by atoms with Gasteiger partial charge >= 0.3 is 0 Å². The molecule has 1 aliphatic carbocycles. The minimum Gasteiger partial charge on any atom is -0.389 e. The van der Waals surface area contributed by atoms with E-state index in [4.69, 9.17) is 0 Å². The quantitative estimate of drug-likeness (QED) is 0.462. The van der Waals surface area contributed by atoms with Crippen LogP contribution in [0.15, 0.2) is 54.6 Å². The zero-order chi connectivity index (χ0) is 25.0. The molecule has 2 aliphatic rings. The van der Waals surface area contributed by atoms with Gasteiger partial charge in [-0.2, -0.15) is 0 Å². The Balaban J connectivity index is 1.61. The van der Waals surface area contributed by atoms with E-state index in [0.29, 0.717) is 18.9 Å². The number of nitrogens with zero attached hydrogens (tertiary/aromatic N) is 2. The van der Waals surface area contributed by atoms with Crippen LogP contribution in [-0.4, -0.2) is 41.1 Å². The molecule has 1 saturated carbocycles. The molecule has 4 nitrogen and oxygen atoms in total. The fourth-order valence-electron chi connectivity index (χ4n) is 6.07. The zero-order valence-electron chi connectivity index (χ0n) is 21.9. The van der Waals surface area contributed by atoms with E-state index in [-0.39, 0.29) is 17.9 Å². The maximum absolute atomic E-state index is 13.5.